The fraction of sp³-hybridized carbons (Fsp3) is 0.312. The fourth-order valence-corrected chi connectivity index (χ4v) is 2.91. The molecule has 1 aromatic heterocycles. The molecule has 0 aliphatic carbocycles. The van der Waals surface area contributed by atoms with Gasteiger partial charge in [0.2, 0.25) is 11.0 Å². The summed E-state index contributed by atoms with van der Waals surface area (Å²) in [7, 11) is 0. The summed E-state index contributed by atoms with van der Waals surface area (Å²) in [5.41, 5.74) is 1.24. The molecule has 1 aromatic carbocycles. The van der Waals surface area contributed by atoms with Gasteiger partial charge in [-0.15, -0.1) is 16.7 Å². The average Bonchev–Trinajstić information content (AvgIpc) is 3.14. The van der Waals surface area contributed by atoms with Crippen molar-refractivity contribution in [3.63, 3.8) is 0 Å². The van der Waals surface area contributed by atoms with Crippen LogP contribution in [0.1, 0.15) is 12.8 Å². The standard InChI is InChI=1S/C16H16N4OS/c1-2-9-20-13-8-4-3-7-12(13)14(15(20)21)17-18-16(22)19-10-5-6-11-19/h1,3-4,7-8,21H,5-6,9-11H2. The van der Waals surface area contributed by atoms with Crippen molar-refractivity contribution in [3.05, 3.63) is 24.3 Å². The first kappa shape index (κ1) is 14.5. The van der Waals surface area contributed by atoms with Crippen molar-refractivity contribution in [2.75, 3.05) is 13.1 Å². The zero-order valence-electron chi connectivity index (χ0n) is 12.1. The second kappa shape index (κ2) is 6.16. The van der Waals surface area contributed by atoms with Crippen molar-refractivity contribution in [2.45, 2.75) is 19.4 Å². The Balaban J connectivity index is 1.98. The molecule has 0 amide bonds. The van der Waals surface area contributed by atoms with Gasteiger partial charge in [-0.1, -0.05) is 24.1 Å². The Labute approximate surface area is 134 Å². The predicted octanol–water partition coefficient (Wildman–Crippen LogP) is 3.44. The van der Waals surface area contributed by atoms with Gasteiger partial charge in [-0.05, 0) is 31.1 Å². The van der Waals surface area contributed by atoms with Gasteiger partial charge in [0.1, 0.15) is 0 Å². The molecule has 0 spiro atoms. The lowest BCUT2D eigenvalue weighted by atomic mass is 10.2. The third kappa shape index (κ3) is 2.55. The first-order chi connectivity index (χ1) is 10.7. The predicted molar refractivity (Wildman–Crippen MR) is 90.4 cm³/mol. The second-order valence-corrected chi connectivity index (χ2v) is 5.52. The van der Waals surface area contributed by atoms with Gasteiger partial charge in [0.25, 0.3) is 0 Å². The van der Waals surface area contributed by atoms with Gasteiger partial charge in [0, 0.05) is 18.5 Å². The van der Waals surface area contributed by atoms with Crippen LogP contribution >= 0.6 is 12.2 Å². The molecule has 2 heterocycles. The Hall–Kier alpha value is -2.39. The van der Waals surface area contributed by atoms with E-state index in [2.05, 4.69) is 16.1 Å². The van der Waals surface area contributed by atoms with E-state index in [1.165, 1.54) is 0 Å². The molecule has 1 N–H and O–H groups in total. The molecule has 0 unspecified atom stereocenters. The Kier molecular flexibility index (Phi) is 4.07. The quantitative estimate of drug-likeness (QED) is 0.525. The Morgan fingerprint density at radius 2 is 2.05 bits per heavy atom. The van der Waals surface area contributed by atoms with Crippen LogP contribution in [0.3, 0.4) is 0 Å². The first-order valence-corrected chi connectivity index (χ1v) is 7.57. The SMILES string of the molecule is C#CCn1c(O)c(N=NC(=S)N2CCCC2)c2ccccc21. The van der Waals surface area contributed by atoms with Gasteiger partial charge < -0.3 is 10.0 Å². The topological polar surface area (TPSA) is 53.1 Å². The molecular formula is C16H16N4OS. The van der Waals surface area contributed by atoms with Crippen LogP contribution in [-0.4, -0.2) is 32.8 Å². The molecule has 5 nitrogen and oxygen atoms in total. The molecule has 6 heteroatoms. The van der Waals surface area contributed by atoms with E-state index in [0.29, 0.717) is 10.8 Å². The molecule has 0 bridgehead atoms. The molecule has 0 atom stereocenters. The van der Waals surface area contributed by atoms with E-state index < -0.39 is 0 Å². The summed E-state index contributed by atoms with van der Waals surface area (Å²) in [5.74, 6) is 2.56. The number of hydrogen-bond acceptors (Lipinski definition) is 3. The molecule has 1 aliphatic heterocycles. The van der Waals surface area contributed by atoms with Gasteiger partial charge in [-0.3, -0.25) is 4.57 Å². The maximum Gasteiger partial charge on any atom is 0.221 e. The van der Waals surface area contributed by atoms with E-state index >= 15 is 0 Å². The van der Waals surface area contributed by atoms with Crippen molar-refractivity contribution in [1.82, 2.24) is 9.47 Å². The largest absolute Gasteiger partial charge is 0.493 e. The van der Waals surface area contributed by atoms with Crippen molar-refractivity contribution in [1.29, 1.82) is 0 Å². The summed E-state index contributed by atoms with van der Waals surface area (Å²) in [6.07, 6.45) is 7.63. The van der Waals surface area contributed by atoms with E-state index in [0.717, 1.165) is 36.8 Å². The number of hydrogen-bond donors (Lipinski definition) is 1. The van der Waals surface area contributed by atoms with Crippen LogP contribution in [0.5, 0.6) is 5.88 Å². The van der Waals surface area contributed by atoms with Crippen molar-refractivity contribution in [3.8, 4) is 18.2 Å². The van der Waals surface area contributed by atoms with Crippen LogP contribution in [0, 0.1) is 12.3 Å². The van der Waals surface area contributed by atoms with E-state index in [-0.39, 0.29) is 12.4 Å². The number of nitrogens with zero attached hydrogens (tertiary/aromatic N) is 4. The van der Waals surface area contributed by atoms with Gasteiger partial charge in [-0.2, -0.15) is 0 Å². The highest BCUT2D eigenvalue weighted by molar-refractivity contribution is 7.80. The van der Waals surface area contributed by atoms with Gasteiger partial charge in [0.15, 0.2) is 5.69 Å². The van der Waals surface area contributed by atoms with E-state index in [1.807, 2.05) is 29.2 Å². The highest BCUT2D eigenvalue weighted by atomic mass is 32.1. The molecule has 0 radical (unpaired) electrons. The maximum absolute atomic E-state index is 10.4. The number of likely N-dealkylation sites (tertiary alicyclic amines) is 1. The zero-order chi connectivity index (χ0) is 15.5. The summed E-state index contributed by atoms with van der Waals surface area (Å²) in [4.78, 5) is 2.02. The maximum atomic E-state index is 10.4. The molecule has 1 fully saturated rings. The van der Waals surface area contributed by atoms with Crippen LogP contribution < -0.4 is 0 Å². The number of azo groups is 1. The Bertz CT molecular complexity index is 781. The van der Waals surface area contributed by atoms with Crippen molar-refractivity contribution in [2.24, 2.45) is 10.2 Å². The fourth-order valence-electron chi connectivity index (χ4n) is 2.69. The lowest BCUT2D eigenvalue weighted by molar-refractivity contribution is 0.432. The van der Waals surface area contributed by atoms with E-state index in [4.69, 9.17) is 18.6 Å². The summed E-state index contributed by atoms with van der Waals surface area (Å²) in [5, 5.41) is 20.0. The van der Waals surface area contributed by atoms with Crippen LogP contribution in [0.25, 0.3) is 10.9 Å². The minimum atomic E-state index is 0.0205. The molecule has 1 saturated heterocycles. The number of aromatic hydroxyl groups is 1. The van der Waals surface area contributed by atoms with Gasteiger partial charge >= 0.3 is 0 Å². The summed E-state index contributed by atoms with van der Waals surface area (Å²) in [6.45, 7) is 2.11. The Morgan fingerprint density at radius 1 is 1.32 bits per heavy atom. The molecule has 0 saturated carbocycles. The number of aromatic nitrogens is 1. The lowest BCUT2D eigenvalue weighted by Gasteiger charge is -2.12. The number of terminal acetylenes is 1. The number of para-hydroxylation sites is 1. The molecule has 1 aliphatic rings. The van der Waals surface area contributed by atoms with Crippen LogP contribution in [0.15, 0.2) is 34.5 Å². The number of benzene rings is 1. The third-order valence-electron chi connectivity index (χ3n) is 3.78. The lowest BCUT2D eigenvalue weighted by Crippen LogP contribution is -2.23. The number of thiocarbonyl (C=S) groups is 1. The van der Waals surface area contributed by atoms with Crippen molar-refractivity contribution < 1.29 is 5.11 Å². The number of rotatable bonds is 2. The van der Waals surface area contributed by atoms with Gasteiger partial charge in [0.05, 0.1) is 12.1 Å². The average molecular weight is 312 g/mol. The second-order valence-electron chi connectivity index (χ2n) is 5.16. The van der Waals surface area contributed by atoms with Crippen molar-refractivity contribution >= 4 is 33.9 Å². The molecule has 3 rings (SSSR count). The normalized spacial score (nSPS) is 14.8. The number of fused-ring (bicyclic) bond motifs is 1. The molecule has 112 valence electrons. The van der Waals surface area contributed by atoms with Gasteiger partial charge in [-0.25, -0.2) is 0 Å². The van der Waals surface area contributed by atoms with Crippen LogP contribution in [0.4, 0.5) is 5.69 Å². The minimum Gasteiger partial charge on any atom is -0.493 e. The monoisotopic (exact) mass is 312 g/mol. The Morgan fingerprint density at radius 3 is 2.77 bits per heavy atom. The highest BCUT2D eigenvalue weighted by Crippen LogP contribution is 2.38. The van der Waals surface area contributed by atoms with Crippen LogP contribution in [0.2, 0.25) is 0 Å². The smallest absolute Gasteiger partial charge is 0.221 e. The van der Waals surface area contributed by atoms with E-state index in [9.17, 15) is 5.11 Å². The zero-order valence-corrected chi connectivity index (χ0v) is 12.9. The first-order valence-electron chi connectivity index (χ1n) is 7.16. The molecule has 22 heavy (non-hydrogen) atoms. The summed E-state index contributed by atoms with van der Waals surface area (Å²) < 4.78 is 1.64. The van der Waals surface area contributed by atoms with Crippen LogP contribution in [-0.2, 0) is 6.54 Å². The van der Waals surface area contributed by atoms with E-state index in [1.54, 1.807) is 4.57 Å². The third-order valence-corrected chi connectivity index (χ3v) is 4.12. The highest BCUT2D eigenvalue weighted by Gasteiger charge is 2.17. The minimum absolute atomic E-state index is 0.0205. The molecule has 2 aromatic rings. The summed E-state index contributed by atoms with van der Waals surface area (Å²) in [6, 6.07) is 7.56. The summed E-state index contributed by atoms with van der Waals surface area (Å²) >= 11 is 5.28. The molecular weight excluding hydrogens is 296 g/mol.